The molecule has 33 heavy (non-hydrogen) atoms. The van der Waals surface area contributed by atoms with E-state index in [9.17, 15) is 18.0 Å². The summed E-state index contributed by atoms with van der Waals surface area (Å²) in [4.78, 5) is 12.3. The lowest BCUT2D eigenvalue weighted by Gasteiger charge is -2.08. The molecule has 176 valence electrons. The number of nitrogens with one attached hydrogen (secondary N) is 1. The van der Waals surface area contributed by atoms with Gasteiger partial charge in [-0.2, -0.15) is 23.4 Å². The van der Waals surface area contributed by atoms with Gasteiger partial charge in [-0.3, -0.25) is 9.48 Å². The highest BCUT2D eigenvalue weighted by Crippen LogP contribution is 2.46. The summed E-state index contributed by atoms with van der Waals surface area (Å²) < 4.78 is 48.8. The van der Waals surface area contributed by atoms with Gasteiger partial charge >= 0.3 is 6.18 Å². The van der Waals surface area contributed by atoms with E-state index in [0.717, 1.165) is 17.3 Å². The van der Waals surface area contributed by atoms with Crippen LogP contribution in [-0.2, 0) is 19.5 Å². The minimum Gasteiger partial charge on any atom is -0.471 e. The molecule has 1 aliphatic rings. The lowest BCUT2D eigenvalue weighted by molar-refractivity contribution is -0.141. The maximum atomic E-state index is 13.1. The van der Waals surface area contributed by atoms with Crippen LogP contribution in [0.3, 0.4) is 0 Å². The number of alkyl halides is 3. The number of hydrogen-bond donors (Lipinski definition) is 1. The second kappa shape index (κ2) is 9.76. The average Bonchev–Trinajstić information content (AvgIpc) is 3.37. The number of aryl methyl sites for hydroxylation is 1. The van der Waals surface area contributed by atoms with Crippen LogP contribution in [0.4, 0.5) is 13.2 Å². The zero-order valence-electron chi connectivity index (χ0n) is 17.3. The molecule has 0 atom stereocenters. The molecule has 1 amide bonds. The van der Waals surface area contributed by atoms with Crippen LogP contribution in [0.5, 0.6) is 5.75 Å². The van der Waals surface area contributed by atoms with Crippen LogP contribution in [-0.4, -0.2) is 32.0 Å². The maximum absolute atomic E-state index is 13.1. The molecule has 0 bridgehead atoms. The van der Waals surface area contributed by atoms with Gasteiger partial charge in [-0.1, -0.05) is 27.5 Å². The third-order valence-electron chi connectivity index (χ3n) is 5.05. The number of carbonyl (C=O) groups is 1. The molecule has 2 heterocycles. The third-order valence-corrected chi connectivity index (χ3v) is 5.95. The smallest absolute Gasteiger partial charge is 0.436 e. The van der Waals surface area contributed by atoms with E-state index in [4.69, 9.17) is 16.3 Å². The molecule has 4 rings (SSSR count). The number of ether oxygens (including phenoxy) is 1. The highest BCUT2D eigenvalue weighted by Gasteiger charge is 2.41. The first kappa shape index (κ1) is 23.6. The van der Waals surface area contributed by atoms with Crippen LogP contribution in [0.15, 0.2) is 41.0 Å². The maximum Gasteiger partial charge on any atom is 0.436 e. The number of hydrogen-bond acceptors (Lipinski definition) is 4. The minimum absolute atomic E-state index is 0.0132. The Morgan fingerprint density at radius 2 is 1.94 bits per heavy atom. The first-order chi connectivity index (χ1) is 15.7. The molecule has 0 aliphatic heterocycles. The summed E-state index contributed by atoms with van der Waals surface area (Å²) >= 11 is 9.32. The lowest BCUT2D eigenvalue weighted by atomic mass is 10.2. The minimum atomic E-state index is -4.60. The fourth-order valence-electron chi connectivity index (χ4n) is 3.30. The monoisotopic (exact) mass is 545 g/mol. The molecule has 1 aliphatic carbocycles. The van der Waals surface area contributed by atoms with Crippen LogP contribution < -0.4 is 10.1 Å². The Morgan fingerprint density at radius 1 is 1.21 bits per heavy atom. The first-order valence-corrected chi connectivity index (χ1v) is 11.4. The largest absolute Gasteiger partial charge is 0.471 e. The van der Waals surface area contributed by atoms with Crippen LogP contribution >= 0.6 is 27.5 Å². The number of carbonyl (C=O) groups excluding carboxylic acids is 1. The van der Waals surface area contributed by atoms with Crippen molar-refractivity contribution in [1.29, 1.82) is 0 Å². The van der Waals surface area contributed by atoms with Gasteiger partial charge in [-0.15, -0.1) is 0 Å². The van der Waals surface area contributed by atoms with Crippen LogP contribution in [0.25, 0.3) is 0 Å². The van der Waals surface area contributed by atoms with E-state index in [2.05, 4.69) is 31.4 Å². The van der Waals surface area contributed by atoms with E-state index in [0.29, 0.717) is 17.9 Å². The van der Waals surface area contributed by atoms with Crippen molar-refractivity contribution in [2.75, 3.05) is 6.54 Å². The van der Waals surface area contributed by atoms with Gasteiger partial charge in [-0.05, 0) is 49.6 Å². The summed E-state index contributed by atoms with van der Waals surface area (Å²) in [5.41, 5.74) is -0.402. The van der Waals surface area contributed by atoms with Crippen LogP contribution in [0.2, 0.25) is 5.02 Å². The molecule has 12 heteroatoms. The summed E-state index contributed by atoms with van der Waals surface area (Å²) in [5.74, 6) is 0.297. The summed E-state index contributed by atoms with van der Waals surface area (Å²) in [5, 5.41) is 10.3. The zero-order chi connectivity index (χ0) is 23.6. The molecular formula is C21H20BrClF3N5O2. The highest BCUT2D eigenvalue weighted by atomic mass is 79.9. The summed E-state index contributed by atoms with van der Waals surface area (Å²) in [7, 11) is 0. The molecule has 2 aromatic heterocycles. The van der Waals surface area contributed by atoms with E-state index < -0.39 is 11.9 Å². The molecule has 7 nitrogen and oxygen atoms in total. The third kappa shape index (κ3) is 5.89. The Morgan fingerprint density at radius 3 is 2.61 bits per heavy atom. The van der Waals surface area contributed by atoms with Crippen molar-refractivity contribution in [3.05, 3.63) is 63.1 Å². The number of halogens is 5. The van der Waals surface area contributed by atoms with Crippen LogP contribution in [0, 0.1) is 0 Å². The van der Waals surface area contributed by atoms with Crippen molar-refractivity contribution in [3.8, 4) is 5.75 Å². The number of nitrogens with zero attached hydrogens (tertiary/aromatic N) is 4. The quantitative estimate of drug-likeness (QED) is 0.372. The van der Waals surface area contributed by atoms with E-state index in [1.807, 2.05) is 12.1 Å². The van der Waals surface area contributed by atoms with Gasteiger partial charge in [0.1, 0.15) is 11.4 Å². The van der Waals surface area contributed by atoms with Gasteiger partial charge < -0.3 is 10.1 Å². The lowest BCUT2D eigenvalue weighted by Crippen LogP contribution is -2.26. The number of rotatable bonds is 9. The highest BCUT2D eigenvalue weighted by molar-refractivity contribution is 9.10. The van der Waals surface area contributed by atoms with Crippen molar-refractivity contribution in [1.82, 2.24) is 24.9 Å². The van der Waals surface area contributed by atoms with Gasteiger partial charge in [-0.25, -0.2) is 4.68 Å². The van der Waals surface area contributed by atoms with Crippen molar-refractivity contribution < 1.29 is 22.7 Å². The zero-order valence-corrected chi connectivity index (χ0v) is 19.6. The Bertz CT molecular complexity index is 1130. The summed E-state index contributed by atoms with van der Waals surface area (Å²) in [6.07, 6.45) is -0.977. The van der Waals surface area contributed by atoms with Gasteiger partial charge in [0.2, 0.25) is 0 Å². The van der Waals surface area contributed by atoms with Gasteiger partial charge in [0.05, 0.1) is 10.7 Å². The fourth-order valence-corrected chi connectivity index (χ4v) is 3.96. The summed E-state index contributed by atoms with van der Waals surface area (Å²) in [6.45, 7) is 0.613. The molecule has 3 aromatic rings. The molecule has 1 N–H and O–H groups in total. The SMILES string of the molecule is O=C(NCCCn1nc(C(F)(F)F)c(Cl)c1C1CC1)c1ccn(COc2ccc(Br)cc2)n1. The number of benzene rings is 1. The Kier molecular flexibility index (Phi) is 6.99. The average molecular weight is 547 g/mol. The second-order valence-electron chi connectivity index (χ2n) is 7.62. The van der Waals surface area contributed by atoms with Gasteiger partial charge in [0.15, 0.2) is 12.4 Å². The Hall–Kier alpha value is -2.53. The number of aromatic nitrogens is 4. The standard InChI is InChI=1S/C21H20BrClF3N5O2/c22-14-4-6-15(7-5-14)33-12-30-11-8-16(28-30)20(32)27-9-1-10-31-18(13-2-3-13)17(23)19(29-31)21(24,25)26/h4-8,11,13H,1-3,9-10,12H2,(H,27,32). The number of amides is 1. The predicted molar refractivity (Wildman–Crippen MR) is 118 cm³/mol. The van der Waals surface area contributed by atoms with Crippen molar-refractivity contribution in [2.45, 2.75) is 44.6 Å². The van der Waals surface area contributed by atoms with E-state index in [1.54, 1.807) is 24.4 Å². The van der Waals surface area contributed by atoms with E-state index >= 15 is 0 Å². The topological polar surface area (TPSA) is 74.0 Å². The predicted octanol–water partition coefficient (Wildman–Crippen LogP) is 5.25. The molecule has 0 radical (unpaired) electrons. The molecule has 0 spiro atoms. The van der Waals surface area contributed by atoms with E-state index in [-0.39, 0.29) is 42.4 Å². The molecule has 0 saturated heterocycles. The molecular weight excluding hydrogens is 527 g/mol. The van der Waals surface area contributed by atoms with Crippen LogP contribution in [0.1, 0.15) is 47.1 Å². The van der Waals surface area contributed by atoms with Gasteiger partial charge in [0.25, 0.3) is 5.91 Å². The van der Waals surface area contributed by atoms with Crippen molar-refractivity contribution in [3.63, 3.8) is 0 Å². The Balaban J connectivity index is 1.27. The molecule has 1 aromatic carbocycles. The molecule has 1 fully saturated rings. The molecule has 1 saturated carbocycles. The van der Waals surface area contributed by atoms with E-state index in [1.165, 1.54) is 9.36 Å². The van der Waals surface area contributed by atoms with Gasteiger partial charge in [0, 0.05) is 29.7 Å². The molecule has 0 unspecified atom stereocenters. The normalized spacial score (nSPS) is 13.8. The summed E-state index contributed by atoms with van der Waals surface area (Å²) in [6, 6.07) is 8.88. The Labute approximate surface area is 201 Å². The van der Waals surface area contributed by atoms with Crippen molar-refractivity contribution in [2.24, 2.45) is 0 Å². The second-order valence-corrected chi connectivity index (χ2v) is 8.91. The fraction of sp³-hybridized carbons (Fsp3) is 0.381. The van der Waals surface area contributed by atoms with Crippen molar-refractivity contribution >= 4 is 33.4 Å². The first-order valence-electron chi connectivity index (χ1n) is 10.3.